The molecule has 0 aromatic heterocycles. The van der Waals surface area contributed by atoms with Crippen LogP contribution in [0, 0.1) is 0 Å². The molecule has 9 heteroatoms. The third kappa shape index (κ3) is 6.82. The molecular formula is C26H30BrN3O4S. The number of fused-ring (bicyclic) bond motifs is 1. The van der Waals surface area contributed by atoms with Gasteiger partial charge in [0.1, 0.15) is 12.6 Å². The molecule has 0 saturated carbocycles. The van der Waals surface area contributed by atoms with Crippen molar-refractivity contribution in [3.63, 3.8) is 0 Å². The monoisotopic (exact) mass is 559 g/mol. The van der Waals surface area contributed by atoms with Gasteiger partial charge in [0.15, 0.2) is 0 Å². The van der Waals surface area contributed by atoms with Crippen molar-refractivity contribution in [1.29, 1.82) is 0 Å². The summed E-state index contributed by atoms with van der Waals surface area (Å²) in [4.78, 5) is 27.8. The highest BCUT2D eigenvalue weighted by atomic mass is 79.9. The molecular weight excluding hydrogens is 530 g/mol. The zero-order valence-electron chi connectivity index (χ0n) is 20.1. The molecule has 1 unspecified atom stereocenters. The Labute approximate surface area is 215 Å². The second-order valence-corrected chi connectivity index (χ2v) is 11.2. The lowest BCUT2D eigenvalue weighted by molar-refractivity contribution is -0.139. The SMILES string of the molecule is CCCNC(=O)C(C)N(Cc1ccc(Br)cc1)C(=O)CN(c1cccc2ccccc12)S(C)(=O)=O. The number of nitrogens with one attached hydrogen (secondary N) is 1. The van der Waals surface area contributed by atoms with Crippen molar-refractivity contribution < 1.29 is 18.0 Å². The second-order valence-electron chi connectivity index (χ2n) is 8.38. The molecule has 3 rings (SSSR count). The Morgan fingerprint density at radius 3 is 2.31 bits per heavy atom. The Bertz CT molecular complexity index is 1290. The zero-order chi connectivity index (χ0) is 25.6. The van der Waals surface area contributed by atoms with Crippen LogP contribution in [0.3, 0.4) is 0 Å². The van der Waals surface area contributed by atoms with Crippen LogP contribution in [0.5, 0.6) is 0 Å². The van der Waals surface area contributed by atoms with Gasteiger partial charge in [0.2, 0.25) is 21.8 Å². The molecule has 0 spiro atoms. The van der Waals surface area contributed by atoms with Gasteiger partial charge in [-0.05, 0) is 42.5 Å². The predicted octanol–water partition coefficient (Wildman–Crippen LogP) is 4.31. The average Bonchev–Trinajstić information content (AvgIpc) is 2.84. The van der Waals surface area contributed by atoms with E-state index < -0.39 is 28.5 Å². The first kappa shape index (κ1) is 26.7. The molecule has 1 atom stereocenters. The van der Waals surface area contributed by atoms with Gasteiger partial charge in [0.25, 0.3) is 0 Å². The molecule has 0 aliphatic heterocycles. The smallest absolute Gasteiger partial charge is 0.244 e. The molecule has 1 N–H and O–H groups in total. The fourth-order valence-corrected chi connectivity index (χ4v) is 4.91. The van der Waals surface area contributed by atoms with Crippen LogP contribution in [0.2, 0.25) is 0 Å². The lowest BCUT2D eigenvalue weighted by Gasteiger charge is -2.31. The normalized spacial score (nSPS) is 12.2. The number of anilines is 1. The summed E-state index contributed by atoms with van der Waals surface area (Å²) < 4.78 is 27.7. The summed E-state index contributed by atoms with van der Waals surface area (Å²) in [7, 11) is -3.80. The molecule has 7 nitrogen and oxygen atoms in total. The molecule has 3 aromatic carbocycles. The Morgan fingerprint density at radius 1 is 1.00 bits per heavy atom. The third-order valence-corrected chi connectivity index (χ3v) is 7.35. The minimum atomic E-state index is -3.80. The largest absolute Gasteiger partial charge is 0.354 e. The van der Waals surface area contributed by atoms with Gasteiger partial charge in [0.05, 0.1) is 11.9 Å². The van der Waals surface area contributed by atoms with E-state index >= 15 is 0 Å². The average molecular weight is 561 g/mol. The van der Waals surface area contributed by atoms with Gasteiger partial charge in [0, 0.05) is 22.9 Å². The van der Waals surface area contributed by atoms with E-state index in [4.69, 9.17) is 0 Å². The highest BCUT2D eigenvalue weighted by molar-refractivity contribution is 9.10. The van der Waals surface area contributed by atoms with Crippen LogP contribution < -0.4 is 9.62 Å². The number of hydrogen-bond acceptors (Lipinski definition) is 4. The van der Waals surface area contributed by atoms with Gasteiger partial charge in [-0.15, -0.1) is 0 Å². The number of halogens is 1. The number of sulfonamides is 1. The first-order chi connectivity index (χ1) is 16.6. The summed E-state index contributed by atoms with van der Waals surface area (Å²) in [6.45, 7) is 3.85. The first-order valence-corrected chi connectivity index (χ1v) is 14.0. The molecule has 0 radical (unpaired) electrons. The van der Waals surface area contributed by atoms with E-state index in [9.17, 15) is 18.0 Å². The van der Waals surface area contributed by atoms with Crippen LogP contribution in [-0.4, -0.2) is 50.5 Å². The zero-order valence-corrected chi connectivity index (χ0v) is 22.5. The van der Waals surface area contributed by atoms with Crippen molar-refractivity contribution in [2.24, 2.45) is 0 Å². The first-order valence-electron chi connectivity index (χ1n) is 11.4. The molecule has 0 saturated heterocycles. The van der Waals surface area contributed by atoms with Crippen LogP contribution >= 0.6 is 15.9 Å². The molecule has 0 aliphatic rings. The molecule has 0 fully saturated rings. The molecule has 0 heterocycles. The fraction of sp³-hybridized carbons (Fsp3) is 0.308. The van der Waals surface area contributed by atoms with Crippen LogP contribution in [0.25, 0.3) is 10.8 Å². The number of hydrogen-bond donors (Lipinski definition) is 1. The molecule has 0 aliphatic carbocycles. The number of rotatable bonds is 10. The van der Waals surface area contributed by atoms with E-state index in [2.05, 4.69) is 21.2 Å². The predicted molar refractivity (Wildman–Crippen MR) is 144 cm³/mol. The fourth-order valence-electron chi connectivity index (χ4n) is 3.79. The summed E-state index contributed by atoms with van der Waals surface area (Å²) in [5, 5.41) is 4.42. The number of carbonyl (C=O) groups excluding carboxylic acids is 2. The summed E-state index contributed by atoms with van der Waals surface area (Å²) in [6, 6.07) is 19.4. The van der Waals surface area contributed by atoms with Crippen LogP contribution in [0.4, 0.5) is 5.69 Å². The molecule has 0 bridgehead atoms. The highest BCUT2D eigenvalue weighted by Crippen LogP contribution is 2.28. The Balaban J connectivity index is 1.97. The van der Waals surface area contributed by atoms with E-state index in [0.29, 0.717) is 12.2 Å². The van der Waals surface area contributed by atoms with Gasteiger partial charge in [-0.2, -0.15) is 0 Å². The van der Waals surface area contributed by atoms with Gasteiger partial charge >= 0.3 is 0 Å². The van der Waals surface area contributed by atoms with Crippen molar-refractivity contribution >= 4 is 54.2 Å². The molecule has 3 aromatic rings. The van der Waals surface area contributed by atoms with Crippen molar-refractivity contribution in [3.05, 3.63) is 76.8 Å². The van der Waals surface area contributed by atoms with E-state index in [1.165, 1.54) is 4.90 Å². The van der Waals surface area contributed by atoms with Crippen molar-refractivity contribution in [3.8, 4) is 0 Å². The number of carbonyl (C=O) groups is 2. The summed E-state index contributed by atoms with van der Waals surface area (Å²) in [5.41, 5.74) is 1.25. The van der Waals surface area contributed by atoms with Crippen molar-refractivity contribution in [2.75, 3.05) is 23.7 Å². The number of benzene rings is 3. The van der Waals surface area contributed by atoms with Gasteiger partial charge < -0.3 is 10.2 Å². The minimum Gasteiger partial charge on any atom is -0.354 e. The van der Waals surface area contributed by atoms with E-state index in [1.54, 1.807) is 19.1 Å². The third-order valence-electron chi connectivity index (χ3n) is 5.70. The van der Waals surface area contributed by atoms with Crippen LogP contribution in [0.15, 0.2) is 71.2 Å². The van der Waals surface area contributed by atoms with Crippen LogP contribution in [-0.2, 0) is 26.2 Å². The Hall–Kier alpha value is -2.91. The number of amides is 2. The number of nitrogens with zero attached hydrogens (tertiary/aromatic N) is 2. The van der Waals surface area contributed by atoms with Crippen molar-refractivity contribution in [1.82, 2.24) is 10.2 Å². The Morgan fingerprint density at radius 2 is 1.66 bits per heavy atom. The summed E-state index contributed by atoms with van der Waals surface area (Å²) >= 11 is 3.40. The lowest BCUT2D eigenvalue weighted by Crippen LogP contribution is -2.51. The van der Waals surface area contributed by atoms with Gasteiger partial charge in [-0.25, -0.2) is 8.42 Å². The lowest BCUT2D eigenvalue weighted by atomic mass is 10.1. The Kier molecular flexibility index (Phi) is 8.91. The standard InChI is InChI=1S/C26H30BrN3O4S/c1-4-16-28-26(32)19(2)29(17-20-12-14-22(27)15-13-20)25(31)18-30(35(3,33)34)24-11-7-9-21-8-5-6-10-23(21)24/h5-15,19H,4,16-18H2,1-3H3,(H,28,32). The summed E-state index contributed by atoms with van der Waals surface area (Å²) in [5.74, 6) is -0.751. The maximum Gasteiger partial charge on any atom is 0.244 e. The maximum absolute atomic E-state index is 13.6. The quantitative estimate of drug-likeness (QED) is 0.401. The second kappa shape index (κ2) is 11.7. The van der Waals surface area contributed by atoms with E-state index in [-0.39, 0.29) is 12.5 Å². The van der Waals surface area contributed by atoms with Crippen molar-refractivity contribution in [2.45, 2.75) is 32.9 Å². The maximum atomic E-state index is 13.6. The summed E-state index contributed by atoms with van der Waals surface area (Å²) in [6.07, 6.45) is 1.85. The van der Waals surface area contributed by atoms with Gasteiger partial charge in [-0.1, -0.05) is 71.4 Å². The minimum absolute atomic E-state index is 0.167. The molecule has 186 valence electrons. The van der Waals surface area contributed by atoms with Gasteiger partial charge in [-0.3, -0.25) is 13.9 Å². The topological polar surface area (TPSA) is 86.8 Å². The molecule has 35 heavy (non-hydrogen) atoms. The molecule has 2 amide bonds. The van der Waals surface area contributed by atoms with E-state index in [0.717, 1.165) is 37.8 Å². The highest BCUT2D eigenvalue weighted by Gasteiger charge is 2.30. The van der Waals surface area contributed by atoms with E-state index in [1.807, 2.05) is 61.5 Å². The van der Waals surface area contributed by atoms with Crippen LogP contribution in [0.1, 0.15) is 25.8 Å².